The van der Waals surface area contributed by atoms with Crippen LogP contribution in [-0.4, -0.2) is 4.98 Å². The van der Waals surface area contributed by atoms with Gasteiger partial charge < -0.3 is 5.43 Å². The van der Waals surface area contributed by atoms with Gasteiger partial charge in [-0.25, -0.2) is 10.8 Å². The fourth-order valence-corrected chi connectivity index (χ4v) is 2.99. The highest BCUT2D eigenvalue weighted by Gasteiger charge is 2.07. The predicted octanol–water partition coefficient (Wildman–Crippen LogP) is 3.61. The summed E-state index contributed by atoms with van der Waals surface area (Å²) in [4.78, 5) is 4.50. The Balaban J connectivity index is 2.78. The zero-order valence-corrected chi connectivity index (χ0v) is 11.9. The molecule has 0 fully saturated rings. The largest absolute Gasteiger partial charge is 0.308 e. The van der Waals surface area contributed by atoms with Gasteiger partial charge in [-0.05, 0) is 46.1 Å². The molecule has 0 bridgehead atoms. The Morgan fingerprint density at radius 1 is 1.31 bits per heavy atom. The van der Waals surface area contributed by atoms with Crippen LogP contribution in [0.4, 0.5) is 5.82 Å². The molecule has 0 unspecified atom stereocenters. The Morgan fingerprint density at radius 3 is 2.69 bits per heavy atom. The van der Waals surface area contributed by atoms with Crippen molar-refractivity contribution in [2.45, 2.75) is 13.3 Å². The van der Waals surface area contributed by atoms with Crippen LogP contribution < -0.4 is 11.3 Å². The minimum Gasteiger partial charge on any atom is -0.308 e. The number of pyridine rings is 1. The third kappa shape index (κ3) is 2.07. The molecule has 0 aliphatic carbocycles. The summed E-state index contributed by atoms with van der Waals surface area (Å²) in [6.45, 7) is 2.08. The molecule has 16 heavy (non-hydrogen) atoms. The van der Waals surface area contributed by atoms with E-state index < -0.39 is 0 Å². The maximum Gasteiger partial charge on any atom is 0.143 e. The van der Waals surface area contributed by atoms with E-state index in [4.69, 9.17) is 5.84 Å². The lowest BCUT2D eigenvalue weighted by molar-refractivity contribution is 1.10. The number of aryl methyl sites for hydroxylation is 1. The molecule has 1 aromatic carbocycles. The lowest BCUT2D eigenvalue weighted by Gasteiger charge is -2.09. The molecule has 2 aromatic rings. The van der Waals surface area contributed by atoms with Crippen LogP contribution >= 0.6 is 31.9 Å². The second-order valence-corrected chi connectivity index (χ2v) is 5.22. The van der Waals surface area contributed by atoms with E-state index in [0.29, 0.717) is 0 Å². The van der Waals surface area contributed by atoms with Crippen molar-refractivity contribution in [1.29, 1.82) is 0 Å². The molecule has 0 saturated heterocycles. The summed E-state index contributed by atoms with van der Waals surface area (Å²) in [7, 11) is 0. The van der Waals surface area contributed by atoms with Crippen LogP contribution in [0.1, 0.15) is 12.5 Å². The van der Waals surface area contributed by atoms with Crippen LogP contribution in [-0.2, 0) is 6.42 Å². The Morgan fingerprint density at radius 2 is 2.06 bits per heavy atom. The lowest BCUT2D eigenvalue weighted by atomic mass is 10.1. The van der Waals surface area contributed by atoms with Gasteiger partial charge in [0.05, 0.1) is 5.52 Å². The highest BCUT2D eigenvalue weighted by atomic mass is 79.9. The molecule has 0 aliphatic rings. The number of nitrogens with one attached hydrogen (secondary N) is 1. The molecule has 0 spiro atoms. The number of aromatic nitrogens is 1. The molecular formula is C11H11Br2N3. The number of halogens is 2. The van der Waals surface area contributed by atoms with Gasteiger partial charge in [0, 0.05) is 14.3 Å². The second kappa shape index (κ2) is 4.69. The Labute approximate surface area is 111 Å². The number of fused-ring (bicyclic) bond motifs is 1. The molecule has 0 aliphatic heterocycles. The van der Waals surface area contributed by atoms with E-state index in [1.54, 1.807) is 0 Å². The molecule has 3 nitrogen and oxygen atoms in total. The maximum atomic E-state index is 5.46. The van der Waals surface area contributed by atoms with Crippen molar-refractivity contribution < 1.29 is 0 Å². The number of anilines is 1. The smallest absolute Gasteiger partial charge is 0.143 e. The average Bonchev–Trinajstić information content (AvgIpc) is 2.27. The Hall–Kier alpha value is -0.650. The van der Waals surface area contributed by atoms with E-state index in [-0.39, 0.29) is 0 Å². The quantitative estimate of drug-likeness (QED) is 0.646. The molecule has 0 amide bonds. The minimum atomic E-state index is 0.734. The summed E-state index contributed by atoms with van der Waals surface area (Å²) in [6.07, 6.45) is 0.895. The molecule has 5 heteroatoms. The average molecular weight is 345 g/mol. The van der Waals surface area contributed by atoms with E-state index in [9.17, 15) is 0 Å². The molecule has 1 heterocycles. The summed E-state index contributed by atoms with van der Waals surface area (Å²) in [5, 5.41) is 1.09. The van der Waals surface area contributed by atoms with Crippen molar-refractivity contribution in [1.82, 2.24) is 4.98 Å². The standard InChI is InChI=1S/C11H11Br2N3/c1-2-6-3-7-4-8(12)5-9(13)10(7)15-11(6)16-14/h3-5H,2,14H2,1H3,(H,15,16). The maximum absolute atomic E-state index is 5.46. The van der Waals surface area contributed by atoms with Crippen LogP contribution in [0.3, 0.4) is 0 Å². The number of hydrogen-bond acceptors (Lipinski definition) is 3. The number of hydrogen-bond donors (Lipinski definition) is 2. The van der Waals surface area contributed by atoms with Gasteiger partial charge in [-0.1, -0.05) is 22.9 Å². The number of rotatable bonds is 2. The predicted molar refractivity (Wildman–Crippen MR) is 74.3 cm³/mol. The normalized spacial score (nSPS) is 10.8. The second-order valence-electron chi connectivity index (χ2n) is 3.45. The Bertz CT molecular complexity index is 540. The van der Waals surface area contributed by atoms with Gasteiger partial charge >= 0.3 is 0 Å². The summed E-state index contributed by atoms with van der Waals surface area (Å²) in [6, 6.07) is 6.13. The van der Waals surface area contributed by atoms with Crippen LogP contribution in [0.15, 0.2) is 27.1 Å². The third-order valence-electron chi connectivity index (χ3n) is 2.43. The van der Waals surface area contributed by atoms with Crippen molar-refractivity contribution in [3.8, 4) is 0 Å². The fourth-order valence-electron chi connectivity index (χ4n) is 1.65. The molecule has 0 radical (unpaired) electrons. The first kappa shape index (κ1) is 11.8. The minimum absolute atomic E-state index is 0.734. The van der Waals surface area contributed by atoms with Gasteiger partial charge in [0.25, 0.3) is 0 Å². The van der Waals surface area contributed by atoms with Crippen LogP contribution in [0.25, 0.3) is 10.9 Å². The van der Waals surface area contributed by atoms with E-state index in [0.717, 1.165) is 37.7 Å². The van der Waals surface area contributed by atoms with Crippen LogP contribution in [0.2, 0.25) is 0 Å². The van der Waals surface area contributed by atoms with E-state index in [2.05, 4.69) is 55.3 Å². The zero-order chi connectivity index (χ0) is 11.7. The monoisotopic (exact) mass is 343 g/mol. The zero-order valence-electron chi connectivity index (χ0n) is 8.72. The molecule has 84 valence electrons. The van der Waals surface area contributed by atoms with E-state index in [1.165, 1.54) is 0 Å². The van der Waals surface area contributed by atoms with Crippen molar-refractivity contribution >= 4 is 48.6 Å². The molecular weight excluding hydrogens is 334 g/mol. The number of nitrogen functional groups attached to an aromatic ring is 1. The lowest BCUT2D eigenvalue weighted by Crippen LogP contribution is -2.11. The summed E-state index contributed by atoms with van der Waals surface area (Å²) in [5.74, 6) is 6.19. The van der Waals surface area contributed by atoms with Crippen molar-refractivity contribution in [2.75, 3.05) is 5.43 Å². The first-order valence-corrected chi connectivity index (χ1v) is 6.49. The van der Waals surface area contributed by atoms with Gasteiger partial charge in [-0.3, -0.25) is 0 Å². The summed E-state index contributed by atoms with van der Waals surface area (Å²) < 4.78 is 1.99. The number of hydrazine groups is 1. The van der Waals surface area contributed by atoms with Crippen LogP contribution in [0, 0.1) is 0 Å². The topological polar surface area (TPSA) is 50.9 Å². The summed E-state index contributed by atoms with van der Waals surface area (Å²) in [5.41, 5.74) is 4.66. The first-order chi connectivity index (χ1) is 7.65. The van der Waals surface area contributed by atoms with Crippen LogP contribution in [0.5, 0.6) is 0 Å². The van der Waals surface area contributed by atoms with Gasteiger partial charge in [0.2, 0.25) is 0 Å². The number of benzene rings is 1. The SMILES string of the molecule is CCc1cc2cc(Br)cc(Br)c2nc1NN. The highest BCUT2D eigenvalue weighted by molar-refractivity contribution is 9.11. The van der Waals surface area contributed by atoms with Gasteiger partial charge in [-0.15, -0.1) is 0 Å². The van der Waals surface area contributed by atoms with E-state index in [1.807, 2.05) is 12.1 Å². The highest BCUT2D eigenvalue weighted by Crippen LogP contribution is 2.29. The van der Waals surface area contributed by atoms with Crippen molar-refractivity contribution in [2.24, 2.45) is 5.84 Å². The number of nitrogens with zero attached hydrogens (tertiary/aromatic N) is 1. The summed E-state index contributed by atoms with van der Waals surface area (Å²) >= 11 is 6.96. The molecule has 3 N–H and O–H groups in total. The van der Waals surface area contributed by atoms with Gasteiger partial charge in [0.15, 0.2) is 0 Å². The first-order valence-electron chi connectivity index (χ1n) is 4.91. The fraction of sp³-hybridized carbons (Fsp3) is 0.182. The van der Waals surface area contributed by atoms with E-state index >= 15 is 0 Å². The van der Waals surface area contributed by atoms with Crippen molar-refractivity contribution in [3.63, 3.8) is 0 Å². The third-order valence-corrected chi connectivity index (χ3v) is 3.50. The van der Waals surface area contributed by atoms with Gasteiger partial charge in [0.1, 0.15) is 5.82 Å². The molecule has 2 rings (SSSR count). The van der Waals surface area contributed by atoms with Crippen molar-refractivity contribution in [3.05, 3.63) is 32.7 Å². The number of nitrogens with two attached hydrogens (primary N) is 1. The van der Waals surface area contributed by atoms with Gasteiger partial charge in [-0.2, -0.15) is 0 Å². The molecule has 0 atom stereocenters. The molecule has 0 saturated carbocycles. The molecule has 1 aromatic heterocycles. The Kier molecular flexibility index (Phi) is 3.47.